The minimum absolute atomic E-state index is 0.0389. The van der Waals surface area contributed by atoms with Crippen LogP contribution in [0.3, 0.4) is 0 Å². The molecule has 0 unspecified atom stereocenters. The summed E-state index contributed by atoms with van der Waals surface area (Å²) in [6, 6.07) is 18.0. The van der Waals surface area contributed by atoms with Crippen molar-refractivity contribution in [3.63, 3.8) is 0 Å². The summed E-state index contributed by atoms with van der Waals surface area (Å²) in [7, 11) is 2.05. The number of thioether (sulfide) groups is 1. The number of nitrogens with one attached hydrogen (secondary N) is 1. The number of amides is 1. The van der Waals surface area contributed by atoms with E-state index >= 15 is 0 Å². The van der Waals surface area contributed by atoms with Gasteiger partial charge in [-0.15, -0.1) is 10.2 Å². The Hall–Kier alpha value is -2.80. The van der Waals surface area contributed by atoms with Crippen molar-refractivity contribution in [2.75, 3.05) is 30.8 Å². The Balaban J connectivity index is 1.37. The van der Waals surface area contributed by atoms with Crippen molar-refractivity contribution >= 4 is 23.4 Å². The van der Waals surface area contributed by atoms with Crippen LogP contribution in [0, 0.1) is 6.92 Å². The van der Waals surface area contributed by atoms with Gasteiger partial charge < -0.3 is 14.6 Å². The molecule has 7 heteroatoms. The van der Waals surface area contributed by atoms with Crippen LogP contribution in [0.5, 0.6) is 0 Å². The number of carbonyl (C=O) groups is 1. The van der Waals surface area contributed by atoms with Gasteiger partial charge in [-0.3, -0.25) is 4.79 Å². The molecule has 1 aromatic heterocycles. The van der Waals surface area contributed by atoms with Gasteiger partial charge in [0.1, 0.15) is 0 Å². The molecule has 146 valence electrons. The third-order valence-corrected chi connectivity index (χ3v) is 5.12. The van der Waals surface area contributed by atoms with E-state index in [1.165, 1.54) is 17.4 Å². The highest BCUT2D eigenvalue weighted by molar-refractivity contribution is 7.99. The summed E-state index contributed by atoms with van der Waals surface area (Å²) in [4.78, 5) is 14.2. The number of para-hydroxylation sites is 1. The zero-order valence-corrected chi connectivity index (χ0v) is 16.9. The van der Waals surface area contributed by atoms with Gasteiger partial charge in [-0.1, -0.05) is 48.2 Å². The van der Waals surface area contributed by atoms with E-state index in [-0.39, 0.29) is 11.7 Å². The number of aromatic nitrogens is 2. The van der Waals surface area contributed by atoms with E-state index in [4.69, 9.17) is 4.42 Å². The van der Waals surface area contributed by atoms with Crippen LogP contribution in [-0.4, -0.2) is 42.0 Å². The molecule has 0 fully saturated rings. The van der Waals surface area contributed by atoms with Crippen molar-refractivity contribution in [3.8, 4) is 11.5 Å². The van der Waals surface area contributed by atoms with Crippen molar-refractivity contribution in [3.05, 3.63) is 60.2 Å². The lowest BCUT2D eigenvalue weighted by molar-refractivity contribution is -0.118. The molecular weight excluding hydrogens is 372 g/mol. The van der Waals surface area contributed by atoms with E-state index in [9.17, 15) is 4.79 Å². The van der Waals surface area contributed by atoms with Gasteiger partial charge in [0.25, 0.3) is 5.22 Å². The first-order valence-electron chi connectivity index (χ1n) is 9.18. The van der Waals surface area contributed by atoms with Crippen molar-refractivity contribution in [1.82, 2.24) is 15.5 Å². The van der Waals surface area contributed by atoms with E-state index in [0.717, 1.165) is 24.1 Å². The molecule has 1 N–H and O–H groups in total. The van der Waals surface area contributed by atoms with Gasteiger partial charge in [0.05, 0.1) is 5.75 Å². The van der Waals surface area contributed by atoms with Crippen LogP contribution in [0.15, 0.2) is 64.2 Å². The standard InChI is InChI=1S/C21H24N4O2S/c1-16-9-6-7-12-18(16)20-23-24-21(27-20)28-15-19(26)22-13-8-14-25(2)17-10-4-3-5-11-17/h3-7,9-12H,8,13-15H2,1-2H3,(H,22,26). The zero-order valence-electron chi connectivity index (χ0n) is 16.1. The van der Waals surface area contributed by atoms with Crippen molar-refractivity contribution in [2.24, 2.45) is 0 Å². The summed E-state index contributed by atoms with van der Waals surface area (Å²) >= 11 is 1.25. The number of aryl methyl sites for hydroxylation is 1. The molecule has 2 aromatic carbocycles. The second-order valence-electron chi connectivity index (χ2n) is 6.44. The van der Waals surface area contributed by atoms with Crippen LogP contribution >= 0.6 is 11.8 Å². The number of anilines is 1. The van der Waals surface area contributed by atoms with E-state index in [1.54, 1.807) is 0 Å². The SMILES string of the molecule is Cc1ccccc1-c1nnc(SCC(=O)NCCCN(C)c2ccccc2)o1. The normalized spacial score (nSPS) is 10.6. The second-order valence-corrected chi connectivity index (χ2v) is 7.36. The minimum Gasteiger partial charge on any atom is -0.411 e. The quantitative estimate of drug-likeness (QED) is 0.438. The van der Waals surface area contributed by atoms with Gasteiger partial charge in [-0.2, -0.15) is 0 Å². The first-order valence-corrected chi connectivity index (χ1v) is 10.2. The second kappa shape index (κ2) is 9.94. The summed E-state index contributed by atoms with van der Waals surface area (Å²) in [6.07, 6.45) is 0.875. The van der Waals surface area contributed by atoms with Crippen molar-refractivity contribution in [1.29, 1.82) is 0 Å². The Morgan fingerprint density at radius 1 is 1.11 bits per heavy atom. The molecule has 0 aliphatic carbocycles. The number of hydrogen-bond acceptors (Lipinski definition) is 6. The maximum atomic E-state index is 12.0. The highest BCUT2D eigenvalue weighted by Crippen LogP contribution is 2.25. The molecule has 0 bridgehead atoms. The number of carbonyl (C=O) groups excluding carboxylic acids is 1. The van der Waals surface area contributed by atoms with E-state index in [0.29, 0.717) is 17.7 Å². The molecule has 28 heavy (non-hydrogen) atoms. The number of nitrogens with zero attached hydrogens (tertiary/aromatic N) is 3. The Bertz CT molecular complexity index is 898. The third-order valence-electron chi connectivity index (χ3n) is 4.30. The third kappa shape index (κ3) is 5.60. The highest BCUT2D eigenvalue weighted by atomic mass is 32.2. The van der Waals surface area contributed by atoms with Crippen molar-refractivity contribution < 1.29 is 9.21 Å². The Morgan fingerprint density at radius 3 is 2.64 bits per heavy atom. The van der Waals surface area contributed by atoms with Crippen LogP contribution < -0.4 is 10.2 Å². The fourth-order valence-electron chi connectivity index (χ4n) is 2.72. The molecule has 1 heterocycles. The predicted molar refractivity (Wildman–Crippen MR) is 113 cm³/mol. The smallest absolute Gasteiger partial charge is 0.277 e. The highest BCUT2D eigenvalue weighted by Gasteiger charge is 2.12. The van der Waals surface area contributed by atoms with Crippen LogP contribution in [0.1, 0.15) is 12.0 Å². The molecule has 0 spiro atoms. The Labute approximate surface area is 169 Å². The molecule has 0 radical (unpaired) electrons. The molecule has 1 amide bonds. The molecule has 3 aromatic rings. The molecule has 0 saturated heterocycles. The fraction of sp³-hybridized carbons (Fsp3) is 0.286. The largest absolute Gasteiger partial charge is 0.411 e. The lowest BCUT2D eigenvalue weighted by Gasteiger charge is -2.19. The Morgan fingerprint density at radius 2 is 1.86 bits per heavy atom. The average Bonchev–Trinajstić information content (AvgIpc) is 3.19. The molecule has 6 nitrogen and oxygen atoms in total. The average molecular weight is 397 g/mol. The van der Waals surface area contributed by atoms with E-state index < -0.39 is 0 Å². The van der Waals surface area contributed by atoms with Gasteiger partial charge in [-0.05, 0) is 37.1 Å². The van der Waals surface area contributed by atoms with Gasteiger partial charge in [0, 0.05) is 31.4 Å². The first-order chi connectivity index (χ1) is 13.6. The van der Waals surface area contributed by atoms with E-state index in [1.807, 2.05) is 49.4 Å². The zero-order chi connectivity index (χ0) is 19.8. The van der Waals surface area contributed by atoms with Gasteiger partial charge in [-0.25, -0.2) is 0 Å². The van der Waals surface area contributed by atoms with Crippen LogP contribution in [0.2, 0.25) is 0 Å². The lowest BCUT2D eigenvalue weighted by Crippen LogP contribution is -2.29. The maximum Gasteiger partial charge on any atom is 0.277 e. The Kier molecular flexibility index (Phi) is 7.08. The van der Waals surface area contributed by atoms with Crippen molar-refractivity contribution in [2.45, 2.75) is 18.6 Å². The van der Waals surface area contributed by atoms with Crippen LogP contribution in [0.25, 0.3) is 11.5 Å². The van der Waals surface area contributed by atoms with Gasteiger partial charge in [0.2, 0.25) is 11.8 Å². The van der Waals surface area contributed by atoms with Crippen LogP contribution in [-0.2, 0) is 4.79 Å². The summed E-state index contributed by atoms with van der Waals surface area (Å²) in [5, 5.41) is 11.4. The van der Waals surface area contributed by atoms with Gasteiger partial charge >= 0.3 is 0 Å². The lowest BCUT2D eigenvalue weighted by atomic mass is 10.1. The molecule has 0 aliphatic rings. The molecular formula is C21H24N4O2S. The number of rotatable bonds is 9. The van der Waals surface area contributed by atoms with Crippen LogP contribution in [0.4, 0.5) is 5.69 Å². The first kappa shape index (κ1) is 19.9. The molecule has 0 atom stereocenters. The fourth-order valence-corrected chi connectivity index (χ4v) is 3.32. The minimum atomic E-state index is -0.0389. The summed E-state index contributed by atoms with van der Waals surface area (Å²) < 4.78 is 5.66. The predicted octanol–water partition coefficient (Wildman–Crippen LogP) is 3.78. The summed E-state index contributed by atoms with van der Waals surface area (Å²) in [5.74, 6) is 0.692. The maximum absolute atomic E-state index is 12.0. The molecule has 0 saturated carbocycles. The van der Waals surface area contributed by atoms with Gasteiger partial charge in [0.15, 0.2) is 0 Å². The molecule has 3 rings (SSSR count). The number of hydrogen-bond donors (Lipinski definition) is 1. The number of benzene rings is 2. The van der Waals surface area contributed by atoms with E-state index in [2.05, 4.69) is 39.6 Å². The monoisotopic (exact) mass is 396 g/mol. The molecule has 0 aliphatic heterocycles. The summed E-state index contributed by atoms with van der Waals surface area (Å²) in [6.45, 7) is 3.50. The topological polar surface area (TPSA) is 71.3 Å². The summed E-state index contributed by atoms with van der Waals surface area (Å²) in [5.41, 5.74) is 3.15.